The predicted molar refractivity (Wildman–Crippen MR) is 230 cm³/mol. The van der Waals surface area contributed by atoms with Crippen LogP contribution >= 0.6 is 7.82 Å². The van der Waals surface area contributed by atoms with Crippen LogP contribution < -0.4 is 22.1 Å². The van der Waals surface area contributed by atoms with Gasteiger partial charge in [0.1, 0.15) is 54.3 Å². The minimum absolute atomic E-state index is 0.138. The van der Waals surface area contributed by atoms with Gasteiger partial charge in [-0.1, -0.05) is 34.9 Å². The van der Waals surface area contributed by atoms with Crippen molar-refractivity contribution in [1.29, 1.82) is 0 Å². The topological polar surface area (TPSA) is 386 Å². The van der Waals surface area contributed by atoms with E-state index in [-0.39, 0.29) is 13.2 Å². The van der Waals surface area contributed by atoms with Crippen molar-refractivity contribution < 1.29 is 101 Å². The van der Waals surface area contributed by atoms with Crippen LogP contribution in [0.4, 0.5) is 4.79 Å². The Labute approximate surface area is 388 Å². The summed E-state index contributed by atoms with van der Waals surface area (Å²) < 4.78 is 63.4. The van der Waals surface area contributed by atoms with Crippen molar-refractivity contribution in [1.82, 2.24) is 10.6 Å². The van der Waals surface area contributed by atoms with Gasteiger partial charge in [0.05, 0.1) is 33.0 Å². The van der Waals surface area contributed by atoms with Gasteiger partial charge in [0, 0.05) is 13.8 Å². The average molecular weight is 985 g/mol. The Morgan fingerprint density at radius 2 is 1.27 bits per heavy atom. The summed E-state index contributed by atoms with van der Waals surface area (Å²) in [6.07, 6.45) is -14.8. The van der Waals surface area contributed by atoms with Crippen molar-refractivity contribution in [2.24, 2.45) is 11.5 Å². The Balaban J connectivity index is 1.85. The molecule has 3 heterocycles. The summed E-state index contributed by atoms with van der Waals surface area (Å²) in [7, 11) is -5.28. The van der Waals surface area contributed by atoms with Crippen molar-refractivity contribution in [2.45, 2.75) is 166 Å². The molecule has 25 nitrogen and oxygen atoms in total. The standard InChI is InChI=1S/C41H69N4O21P/c1-20(2)10-8-11-21(3)12-9-13-22(4)14-15-58-16-17-59-67(56,57)66-39-33(34(65-40(43)54)41(7,55)35(64-39)36(42)53)63-38-28(45-24(6)49)31(52)32(26(19-47)61-38)62-37-27(44-23(5)48)30(51)29(50)25(18-46)60-37/h10,12,14,25-35,37-39,46-47,50-52,55H,8-9,11,13,15-19H2,1-7H3,(H2,42,53)(H2,43,54)(H,44,48)(H,45,49)(H,56,57)/b21-12+,22-14-. The fourth-order valence-electron chi connectivity index (χ4n) is 7.49. The van der Waals surface area contributed by atoms with Crippen LogP contribution in [0.2, 0.25) is 0 Å². The molecule has 3 aliphatic heterocycles. The van der Waals surface area contributed by atoms with Crippen LogP contribution in [0.25, 0.3) is 0 Å². The van der Waals surface area contributed by atoms with Gasteiger partial charge < -0.3 is 90.8 Å². The number of nitrogens with two attached hydrogens (primary N) is 2. The van der Waals surface area contributed by atoms with E-state index in [1.165, 1.54) is 11.1 Å². The first-order valence-electron chi connectivity index (χ1n) is 21.6. The molecule has 0 spiro atoms. The molecular weight excluding hydrogens is 915 g/mol. The molecular formula is C41H69N4O21P. The van der Waals surface area contributed by atoms with Crippen LogP contribution in [-0.2, 0) is 61.2 Å². The Bertz CT molecular complexity index is 1800. The quantitative estimate of drug-likeness (QED) is 0.0291. The molecule has 0 aromatic heterocycles. The smallest absolute Gasteiger partial charge is 0.440 e. The van der Waals surface area contributed by atoms with Crippen molar-refractivity contribution in [3.05, 3.63) is 34.9 Å². The van der Waals surface area contributed by atoms with Crippen molar-refractivity contribution in [3.8, 4) is 0 Å². The third-order valence-electron chi connectivity index (χ3n) is 10.9. The Morgan fingerprint density at radius 3 is 1.81 bits per heavy atom. The summed E-state index contributed by atoms with van der Waals surface area (Å²) in [5.41, 5.74) is 11.8. The number of nitrogens with one attached hydrogen (secondary N) is 2. The highest BCUT2D eigenvalue weighted by molar-refractivity contribution is 7.47. The lowest BCUT2D eigenvalue weighted by Gasteiger charge is -2.51. The van der Waals surface area contributed by atoms with Crippen LogP contribution in [0.1, 0.15) is 74.1 Å². The zero-order chi connectivity index (χ0) is 50.4. The fraction of sp³-hybridized carbons (Fsp3) is 0.756. The van der Waals surface area contributed by atoms with Crippen LogP contribution in [0, 0.1) is 0 Å². The lowest BCUT2D eigenvalue weighted by atomic mass is 9.85. The number of primary amides is 2. The van der Waals surface area contributed by atoms with E-state index in [4.69, 9.17) is 53.7 Å². The lowest BCUT2D eigenvalue weighted by Crippen LogP contribution is -2.72. The number of ether oxygens (including phenoxy) is 7. The molecule has 4 amide bonds. The summed E-state index contributed by atoms with van der Waals surface area (Å²) in [4.78, 5) is 60.3. The molecule has 3 saturated heterocycles. The summed E-state index contributed by atoms with van der Waals surface area (Å²) in [6, 6.07) is -3.31. The van der Waals surface area contributed by atoms with Crippen molar-refractivity contribution in [2.75, 3.05) is 33.0 Å². The first kappa shape index (κ1) is 57.8. The number of phosphoric acid groups is 1. The Hall–Kier alpha value is -3.47. The molecule has 26 heteroatoms. The molecule has 3 fully saturated rings. The van der Waals surface area contributed by atoms with Crippen molar-refractivity contribution in [3.63, 3.8) is 0 Å². The number of allylic oxidation sites excluding steroid dienone is 5. The van der Waals surface area contributed by atoms with Crippen LogP contribution in [0.3, 0.4) is 0 Å². The molecule has 67 heavy (non-hydrogen) atoms. The molecule has 0 aromatic carbocycles. The number of rotatable bonds is 24. The summed E-state index contributed by atoms with van der Waals surface area (Å²) in [5.74, 6) is -2.93. The average Bonchev–Trinajstić information content (AvgIpc) is 3.22. The van der Waals surface area contributed by atoms with Gasteiger partial charge in [-0.05, 0) is 60.3 Å². The Kier molecular flexibility index (Phi) is 22.9. The van der Waals surface area contributed by atoms with Crippen LogP contribution in [-0.4, -0.2) is 184 Å². The van der Waals surface area contributed by atoms with E-state index in [0.29, 0.717) is 0 Å². The zero-order valence-electron chi connectivity index (χ0n) is 38.6. The molecule has 0 radical (unpaired) electrons. The first-order chi connectivity index (χ1) is 31.3. The summed E-state index contributed by atoms with van der Waals surface area (Å²) >= 11 is 0. The third kappa shape index (κ3) is 17.2. The molecule has 13 N–H and O–H groups in total. The van der Waals surface area contributed by atoms with Gasteiger partial charge in [0.2, 0.25) is 17.7 Å². The highest BCUT2D eigenvalue weighted by atomic mass is 31.2. The number of amides is 4. The highest BCUT2D eigenvalue weighted by Crippen LogP contribution is 2.48. The van der Waals surface area contributed by atoms with E-state index in [0.717, 1.165) is 52.0 Å². The van der Waals surface area contributed by atoms with E-state index < -0.39 is 143 Å². The van der Waals surface area contributed by atoms with E-state index >= 15 is 0 Å². The van der Waals surface area contributed by atoms with Gasteiger partial charge in [-0.25, -0.2) is 9.36 Å². The SMILES string of the molecule is CC(=O)NC1C(OC2C(CO)OC(OC3C(OP(=O)(O)OCCOC/C=C(/C)CC/C=C(\C)CCC=C(C)C)OC(C(N)=O)C(C)(O)C3OC(N)=O)C(NC(C)=O)C2O)OC(CO)C(O)C1O. The number of carbonyl (C=O) groups is 4. The Morgan fingerprint density at radius 1 is 0.731 bits per heavy atom. The molecule has 16 unspecified atom stereocenters. The van der Waals surface area contributed by atoms with Gasteiger partial charge in [-0.15, -0.1) is 0 Å². The molecule has 0 bridgehead atoms. The number of hydrogen-bond acceptors (Lipinski definition) is 20. The minimum Gasteiger partial charge on any atom is -0.440 e. The van der Waals surface area contributed by atoms with E-state index in [1.807, 2.05) is 13.0 Å². The maximum atomic E-state index is 13.4. The van der Waals surface area contributed by atoms with E-state index in [1.54, 1.807) is 0 Å². The van der Waals surface area contributed by atoms with Gasteiger partial charge in [0.15, 0.2) is 37.2 Å². The normalized spacial score (nSPS) is 34.7. The fourth-order valence-corrected chi connectivity index (χ4v) is 8.29. The summed E-state index contributed by atoms with van der Waals surface area (Å²) in [6.45, 7) is 8.71. The summed E-state index contributed by atoms with van der Waals surface area (Å²) in [5, 5.41) is 69.5. The number of phosphoric ester groups is 1. The minimum atomic E-state index is -5.28. The van der Waals surface area contributed by atoms with Gasteiger partial charge in [-0.3, -0.25) is 23.4 Å². The number of carbonyl (C=O) groups excluding carboxylic acids is 4. The number of aliphatic hydroxyl groups excluding tert-OH is 5. The van der Waals surface area contributed by atoms with Gasteiger partial charge >= 0.3 is 13.9 Å². The van der Waals surface area contributed by atoms with Crippen molar-refractivity contribution >= 4 is 31.6 Å². The highest BCUT2D eigenvalue weighted by Gasteiger charge is 2.61. The van der Waals surface area contributed by atoms with Crippen LogP contribution in [0.15, 0.2) is 34.9 Å². The zero-order valence-corrected chi connectivity index (χ0v) is 39.5. The molecule has 3 rings (SSSR count). The second-order valence-corrected chi connectivity index (χ2v) is 18.3. The molecule has 16 atom stereocenters. The molecule has 384 valence electrons. The lowest BCUT2D eigenvalue weighted by molar-refractivity contribution is -0.365. The maximum Gasteiger partial charge on any atom is 0.474 e. The second-order valence-electron chi connectivity index (χ2n) is 16.9. The van der Waals surface area contributed by atoms with Crippen LogP contribution in [0.5, 0.6) is 0 Å². The maximum absolute atomic E-state index is 13.4. The number of hydrogen-bond donors (Lipinski definition) is 11. The third-order valence-corrected chi connectivity index (χ3v) is 11.9. The van der Waals surface area contributed by atoms with Gasteiger partial charge in [0.25, 0.3) is 0 Å². The van der Waals surface area contributed by atoms with E-state index in [2.05, 4.69) is 43.6 Å². The molecule has 3 aliphatic rings. The van der Waals surface area contributed by atoms with E-state index in [9.17, 15) is 59.3 Å². The van der Waals surface area contributed by atoms with Gasteiger partial charge in [-0.2, -0.15) is 0 Å². The predicted octanol–water partition coefficient (Wildman–Crippen LogP) is -1.72. The first-order valence-corrected chi connectivity index (χ1v) is 23.1. The monoisotopic (exact) mass is 984 g/mol. The molecule has 0 aromatic rings. The number of aliphatic hydroxyl groups is 6. The largest absolute Gasteiger partial charge is 0.474 e. The molecule has 0 aliphatic carbocycles. The second kappa shape index (κ2) is 26.5. The molecule has 0 saturated carbocycles.